The van der Waals surface area contributed by atoms with E-state index in [1.807, 2.05) is 24.0 Å². The van der Waals surface area contributed by atoms with E-state index < -0.39 is 16.7 Å². The quantitative estimate of drug-likeness (QED) is 0.425. The highest BCUT2D eigenvalue weighted by Crippen LogP contribution is 2.37. The molecule has 32 heavy (non-hydrogen) atoms. The first kappa shape index (κ1) is 21.7. The number of amides is 2. The number of likely N-dealkylation sites (tertiary alicyclic amines) is 1. The Balaban J connectivity index is 1.79. The van der Waals surface area contributed by atoms with Gasteiger partial charge < -0.3 is 10.0 Å². The molecule has 2 aliphatic heterocycles. The summed E-state index contributed by atoms with van der Waals surface area (Å²) in [5.41, 5.74) is 2.49. The van der Waals surface area contributed by atoms with Crippen LogP contribution in [0.5, 0.6) is 0 Å². The van der Waals surface area contributed by atoms with Crippen LogP contribution in [0.1, 0.15) is 30.9 Å². The first-order valence-electron chi connectivity index (χ1n) is 10.8. The van der Waals surface area contributed by atoms with Gasteiger partial charge in [-0.3, -0.25) is 19.7 Å². The highest BCUT2D eigenvalue weighted by Gasteiger charge is 2.43. The SMILES string of the molecule is CCc1ccc(N2C(=O)C(c3ccc([N+](=O)[O-])cc3)=C(N3CCCC(CO)C3)C2=O)cc1. The number of nitro benzene ring substituents is 1. The number of carbonyl (C=O) groups excluding carboxylic acids is 2. The molecule has 1 saturated heterocycles. The molecule has 1 fully saturated rings. The number of nitrogens with zero attached hydrogens (tertiary/aromatic N) is 3. The summed E-state index contributed by atoms with van der Waals surface area (Å²) in [5.74, 6) is -0.837. The van der Waals surface area contributed by atoms with Gasteiger partial charge in [-0.05, 0) is 60.6 Å². The zero-order valence-corrected chi connectivity index (χ0v) is 17.9. The van der Waals surface area contributed by atoms with Crippen molar-refractivity contribution < 1.29 is 19.6 Å². The maximum absolute atomic E-state index is 13.6. The number of carbonyl (C=O) groups is 2. The Bertz CT molecular complexity index is 1080. The van der Waals surface area contributed by atoms with E-state index in [-0.39, 0.29) is 23.8 Å². The topological polar surface area (TPSA) is 104 Å². The first-order chi connectivity index (χ1) is 15.4. The molecule has 8 heteroatoms. The molecule has 0 spiro atoms. The van der Waals surface area contributed by atoms with Crippen molar-refractivity contribution in [1.29, 1.82) is 0 Å². The third kappa shape index (κ3) is 3.89. The van der Waals surface area contributed by atoms with Gasteiger partial charge in [0.2, 0.25) is 0 Å². The Morgan fingerprint density at radius 3 is 2.34 bits per heavy atom. The van der Waals surface area contributed by atoms with Crippen LogP contribution < -0.4 is 4.90 Å². The predicted molar refractivity (Wildman–Crippen MR) is 120 cm³/mol. The van der Waals surface area contributed by atoms with Crippen molar-refractivity contribution in [3.05, 3.63) is 75.5 Å². The molecule has 0 bridgehead atoms. The molecule has 0 aliphatic carbocycles. The molecule has 8 nitrogen and oxygen atoms in total. The van der Waals surface area contributed by atoms with Crippen molar-refractivity contribution in [3.63, 3.8) is 0 Å². The Kier molecular flexibility index (Phi) is 6.05. The van der Waals surface area contributed by atoms with Gasteiger partial charge in [0.15, 0.2) is 0 Å². The van der Waals surface area contributed by atoms with Crippen molar-refractivity contribution in [2.24, 2.45) is 5.92 Å². The van der Waals surface area contributed by atoms with Gasteiger partial charge in [-0.1, -0.05) is 19.1 Å². The van der Waals surface area contributed by atoms with Crippen molar-refractivity contribution in [2.75, 3.05) is 24.6 Å². The molecule has 1 unspecified atom stereocenters. The highest BCUT2D eigenvalue weighted by atomic mass is 16.6. The van der Waals surface area contributed by atoms with Crippen molar-refractivity contribution in [2.45, 2.75) is 26.2 Å². The monoisotopic (exact) mass is 435 g/mol. The Morgan fingerprint density at radius 1 is 1.06 bits per heavy atom. The van der Waals surface area contributed by atoms with Crippen molar-refractivity contribution in [3.8, 4) is 0 Å². The number of benzene rings is 2. The van der Waals surface area contributed by atoms with E-state index in [2.05, 4.69) is 0 Å². The van der Waals surface area contributed by atoms with Gasteiger partial charge in [0, 0.05) is 31.8 Å². The molecule has 1 N–H and O–H groups in total. The van der Waals surface area contributed by atoms with Crippen LogP contribution in [0.25, 0.3) is 5.57 Å². The Hall–Kier alpha value is -3.52. The molecule has 166 valence electrons. The Morgan fingerprint density at radius 2 is 1.75 bits per heavy atom. The molecular formula is C24H25N3O5. The van der Waals surface area contributed by atoms with Crippen LogP contribution in [0.3, 0.4) is 0 Å². The van der Waals surface area contributed by atoms with E-state index in [9.17, 15) is 24.8 Å². The lowest BCUT2D eigenvalue weighted by molar-refractivity contribution is -0.384. The van der Waals surface area contributed by atoms with Crippen LogP contribution in [-0.4, -0.2) is 46.4 Å². The molecule has 0 radical (unpaired) electrons. The summed E-state index contributed by atoms with van der Waals surface area (Å²) in [6.07, 6.45) is 2.50. The molecule has 2 amide bonds. The number of imide groups is 1. The lowest BCUT2D eigenvalue weighted by atomic mass is 9.97. The predicted octanol–water partition coefficient (Wildman–Crippen LogP) is 3.15. The summed E-state index contributed by atoms with van der Waals surface area (Å²) in [5, 5.41) is 20.7. The van der Waals surface area contributed by atoms with Crippen LogP contribution in [0.2, 0.25) is 0 Å². The molecule has 2 aromatic rings. The number of anilines is 1. The molecule has 4 rings (SSSR count). The molecule has 0 aromatic heterocycles. The van der Waals surface area contributed by atoms with E-state index in [1.54, 1.807) is 12.1 Å². The second-order valence-corrected chi connectivity index (χ2v) is 8.13. The van der Waals surface area contributed by atoms with E-state index in [4.69, 9.17) is 0 Å². The van der Waals surface area contributed by atoms with Crippen molar-refractivity contribution in [1.82, 2.24) is 4.90 Å². The maximum atomic E-state index is 13.6. The van der Waals surface area contributed by atoms with E-state index in [0.29, 0.717) is 30.0 Å². The number of non-ortho nitro benzene ring substituents is 1. The number of piperidine rings is 1. The summed E-state index contributed by atoms with van der Waals surface area (Å²) in [4.78, 5) is 40.7. The van der Waals surface area contributed by atoms with Crippen molar-refractivity contribution >= 4 is 28.8 Å². The largest absolute Gasteiger partial charge is 0.396 e. The van der Waals surface area contributed by atoms with Gasteiger partial charge in [-0.2, -0.15) is 0 Å². The van der Waals surface area contributed by atoms with Gasteiger partial charge in [0.05, 0.1) is 16.2 Å². The number of aliphatic hydroxyl groups is 1. The number of hydrogen-bond acceptors (Lipinski definition) is 6. The molecule has 2 heterocycles. The van der Waals surface area contributed by atoms with E-state index in [0.717, 1.165) is 24.8 Å². The summed E-state index contributed by atoms with van der Waals surface area (Å²) in [7, 11) is 0. The lowest BCUT2D eigenvalue weighted by Crippen LogP contribution is -2.40. The van der Waals surface area contributed by atoms with E-state index >= 15 is 0 Å². The van der Waals surface area contributed by atoms with Gasteiger partial charge >= 0.3 is 0 Å². The number of rotatable bonds is 6. The summed E-state index contributed by atoms with van der Waals surface area (Å²) in [6.45, 7) is 3.12. The maximum Gasteiger partial charge on any atom is 0.282 e. The smallest absolute Gasteiger partial charge is 0.282 e. The van der Waals surface area contributed by atoms with Crippen LogP contribution in [-0.2, 0) is 16.0 Å². The van der Waals surface area contributed by atoms with Gasteiger partial charge in [0.25, 0.3) is 17.5 Å². The lowest BCUT2D eigenvalue weighted by Gasteiger charge is -2.34. The number of aliphatic hydroxyl groups excluding tert-OH is 1. The number of nitro groups is 1. The van der Waals surface area contributed by atoms with E-state index in [1.165, 1.54) is 29.2 Å². The average Bonchev–Trinajstić information content (AvgIpc) is 3.09. The van der Waals surface area contributed by atoms with Crippen LogP contribution in [0.4, 0.5) is 11.4 Å². The van der Waals surface area contributed by atoms with Gasteiger partial charge in [0.1, 0.15) is 5.70 Å². The second-order valence-electron chi connectivity index (χ2n) is 8.13. The minimum Gasteiger partial charge on any atom is -0.396 e. The molecule has 0 saturated carbocycles. The second kappa shape index (κ2) is 8.92. The third-order valence-corrected chi connectivity index (χ3v) is 6.12. The number of hydrogen-bond donors (Lipinski definition) is 1. The summed E-state index contributed by atoms with van der Waals surface area (Å²) in [6, 6.07) is 13.0. The molecule has 2 aliphatic rings. The Labute approximate surface area is 185 Å². The zero-order valence-electron chi connectivity index (χ0n) is 17.9. The minimum absolute atomic E-state index is 0.0149. The highest BCUT2D eigenvalue weighted by molar-refractivity contribution is 6.45. The fraction of sp³-hybridized carbons (Fsp3) is 0.333. The third-order valence-electron chi connectivity index (χ3n) is 6.12. The molecule has 1 atom stereocenters. The fourth-order valence-corrected chi connectivity index (χ4v) is 4.35. The zero-order chi connectivity index (χ0) is 22.8. The van der Waals surface area contributed by atoms with Gasteiger partial charge in [-0.25, -0.2) is 4.90 Å². The molecular weight excluding hydrogens is 410 g/mol. The standard InChI is InChI=1S/C24H25N3O5/c1-2-16-5-9-19(10-6-16)26-23(29)21(18-7-11-20(12-8-18)27(31)32)22(24(26)30)25-13-3-4-17(14-25)15-28/h5-12,17,28H,2-4,13-15H2,1H3. The van der Waals surface area contributed by atoms with Gasteiger partial charge in [-0.15, -0.1) is 0 Å². The first-order valence-corrected chi connectivity index (χ1v) is 10.8. The van der Waals surface area contributed by atoms with Crippen LogP contribution in [0.15, 0.2) is 54.2 Å². The molecule has 2 aromatic carbocycles. The summed E-state index contributed by atoms with van der Waals surface area (Å²) < 4.78 is 0. The number of aryl methyl sites for hydroxylation is 1. The minimum atomic E-state index is -0.501. The fourth-order valence-electron chi connectivity index (χ4n) is 4.35. The summed E-state index contributed by atoms with van der Waals surface area (Å²) >= 11 is 0. The average molecular weight is 435 g/mol. The van der Waals surface area contributed by atoms with Crippen LogP contribution >= 0.6 is 0 Å². The van der Waals surface area contributed by atoms with Crippen LogP contribution in [0, 0.1) is 16.0 Å². The normalized spacial score (nSPS) is 19.1.